The molecule has 0 aliphatic heterocycles. The number of benzene rings is 1. The fourth-order valence-electron chi connectivity index (χ4n) is 1.34. The van der Waals surface area contributed by atoms with Crippen molar-refractivity contribution >= 4 is 0 Å². The summed E-state index contributed by atoms with van der Waals surface area (Å²) in [5, 5.41) is 0. The van der Waals surface area contributed by atoms with E-state index in [2.05, 4.69) is 50.3 Å². The van der Waals surface area contributed by atoms with Gasteiger partial charge in [0.25, 0.3) is 0 Å². The molecule has 0 saturated heterocycles. The zero-order chi connectivity index (χ0) is 8.81. The van der Waals surface area contributed by atoms with Crippen molar-refractivity contribution in [2.75, 3.05) is 0 Å². The Hall–Kier alpha value is -1.04. The Balaban J connectivity index is 2.58. The highest BCUT2D eigenvalue weighted by atomic mass is 14.0. The number of hydrogen-bond acceptors (Lipinski definition) is 0. The molecular weight excluding hydrogens is 144 g/mol. The SMILES string of the molecule is CC/C=C(\C)Cc1ccccc1. The van der Waals surface area contributed by atoms with Crippen molar-refractivity contribution in [1.82, 2.24) is 0 Å². The average Bonchev–Trinajstić information content (AvgIpc) is 2.06. The van der Waals surface area contributed by atoms with Crippen LogP contribution in [0.2, 0.25) is 0 Å². The van der Waals surface area contributed by atoms with E-state index in [-0.39, 0.29) is 0 Å². The molecule has 0 N–H and O–H groups in total. The van der Waals surface area contributed by atoms with Gasteiger partial charge >= 0.3 is 0 Å². The minimum Gasteiger partial charge on any atom is -0.0855 e. The van der Waals surface area contributed by atoms with Gasteiger partial charge in [0.15, 0.2) is 0 Å². The maximum absolute atomic E-state index is 2.28. The fraction of sp³-hybridized carbons (Fsp3) is 0.333. The van der Waals surface area contributed by atoms with Gasteiger partial charge in [0.05, 0.1) is 0 Å². The maximum Gasteiger partial charge on any atom is -0.00699 e. The highest BCUT2D eigenvalue weighted by Crippen LogP contribution is 2.07. The van der Waals surface area contributed by atoms with Gasteiger partial charge < -0.3 is 0 Å². The molecule has 64 valence electrons. The quantitative estimate of drug-likeness (QED) is 0.593. The second-order valence-electron chi connectivity index (χ2n) is 3.12. The number of hydrogen-bond donors (Lipinski definition) is 0. The first kappa shape index (κ1) is 9.05. The highest BCUT2D eigenvalue weighted by molar-refractivity contribution is 5.20. The van der Waals surface area contributed by atoms with E-state index in [1.165, 1.54) is 11.1 Å². The third-order valence-corrected chi connectivity index (χ3v) is 1.88. The molecule has 0 heterocycles. The Morgan fingerprint density at radius 3 is 2.50 bits per heavy atom. The summed E-state index contributed by atoms with van der Waals surface area (Å²) in [7, 11) is 0. The van der Waals surface area contributed by atoms with Crippen LogP contribution in [0.25, 0.3) is 0 Å². The molecule has 0 atom stereocenters. The van der Waals surface area contributed by atoms with E-state index >= 15 is 0 Å². The lowest BCUT2D eigenvalue weighted by Gasteiger charge is -2.00. The molecule has 0 radical (unpaired) electrons. The van der Waals surface area contributed by atoms with Gasteiger partial charge in [-0.25, -0.2) is 0 Å². The van der Waals surface area contributed by atoms with Gasteiger partial charge in [0.1, 0.15) is 0 Å². The van der Waals surface area contributed by atoms with Gasteiger partial charge in [-0.15, -0.1) is 0 Å². The summed E-state index contributed by atoms with van der Waals surface area (Å²) in [5.74, 6) is 0. The molecular formula is C12H16. The van der Waals surface area contributed by atoms with Crippen molar-refractivity contribution in [3.8, 4) is 0 Å². The minimum absolute atomic E-state index is 1.09. The fourth-order valence-corrected chi connectivity index (χ4v) is 1.34. The van der Waals surface area contributed by atoms with E-state index in [1.54, 1.807) is 0 Å². The number of allylic oxidation sites excluding steroid dienone is 2. The molecule has 12 heavy (non-hydrogen) atoms. The molecule has 0 nitrogen and oxygen atoms in total. The smallest absolute Gasteiger partial charge is 0.00699 e. The van der Waals surface area contributed by atoms with Gasteiger partial charge in [0.2, 0.25) is 0 Å². The lowest BCUT2D eigenvalue weighted by molar-refractivity contribution is 1.09. The molecule has 0 aliphatic carbocycles. The van der Waals surface area contributed by atoms with E-state index < -0.39 is 0 Å². The first-order valence-electron chi connectivity index (χ1n) is 4.52. The van der Waals surface area contributed by atoms with Crippen molar-refractivity contribution in [2.45, 2.75) is 26.7 Å². The van der Waals surface area contributed by atoms with Crippen LogP contribution in [0.3, 0.4) is 0 Å². The minimum atomic E-state index is 1.09. The monoisotopic (exact) mass is 160 g/mol. The first-order valence-corrected chi connectivity index (χ1v) is 4.52. The molecule has 0 heteroatoms. The summed E-state index contributed by atoms with van der Waals surface area (Å²) in [5.41, 5.74) is 2.86. The summed E-state index contributed by atoms with van der Waals surface area (Å²) < 4.78 is 0. The molecule has 0 spiro atoms. The summed E-state index contributed by atoms with van der Waals surface area (Å²) in [6, 6.07) is 10.6. The zero-order valence-corrected chi connectivity index (χ0v) is 7.88. The van der Waals surface area contributed by atoms with Crippen molar-refractivity contribution in [1.29, 1.82) is 0 Å². The molecule has 0 bridgehead atoms. The van der Waals surface area contributed by atoms with Gasteiger partial charge in [-0.2, -0.15) is 0 Å². The third-order valence-electron chi connectivity index (χ3n) is 1.88. The van der Waals surface area contributed by atoms with Crippen LogP contribution in [0.1, 0.15) is 25.8 Å². The molecule has 0 amide bonds. The summed E-state index contributed by atoms with van der Waals surface area (Å²) >= 11 is 0. The molecule has 0 aliphatic rings. The summed E-state index contributed by atoms with van der Waals surface area (Å²) in [6.07, 6.45) is 4.51. The lowest BCUT2D eigenvalue weighted by Crippen LogP contribution is -1.85. The predicted molar refractivity (Wildman–Crippen MR) is 54.2 cm³/mol. The topological polar surface area (TPSA) is 0 Å². The van der Waals surface area contributed by atoms with Crippen molar-refractivity contribution in [2.24, 2.45) is 0 Å². The lowest BCUT2D eigenvalue weighted by atomic mass is 10.1. The van der Waals surface area contributed by atoms with Crippen molar-refractivity contribution in [3.05, 3.63) is 47.5 Å². The second-order valence-corrected chi connectivity index (χ2v) is 3.12. The van der Waals surface area contributed by atoms with E-state index in [0.717, 1.165) is 12.8 Å². The second kappa shape index (κ2) is 4.76. The Morgan fingerprint density at radius 1 is 1.25 bits per heavy atom. The largest absolute Gasteiger partial charge is 0.0855 e. The highest BCUT2D eigenvalue weighted by Gasteiger charge is 1.91. The molecule has 1 rings (SSSR count). The summed E-state index contributed by atoms with van der Waals surface area (Å²) in [6.45, 7) is 4.37. The van der Waals surface area contributed by atoms with Crippen LogP contribution in [-0.2, 0) is 6.42 Å². The molecule has 1 aromatic rings. The Bertz CT molecular complexity index is 244. The third kappa shape index (κ3) is 2.91. The van der Waals surface area contributed by atoms with Gasteiger partial charge in [0, 0.05) is 0 Å². The van der Waals surface area contributed by atoms with Crippen molar-refractivity contribution < 1.29 is 0 Å². The van der Waals surface area contributed by atoms with E-state index in [9.17, 15) is 0 Å². The predicted octanol–water partition coefficient (Wildman–Crippen LogP) is 3.59. The van der Waals surface area contributed by atoms with Gasteiger partial charge in [-0.1, -0.05) is 48.9 Å². The van der Waals surface area contributed by atoms with E-state index in [0.29, 0.717) is 0 Å². The van der Waals surface area contributed by atoms with Gasteiger partial charge in [-0.3, -0.25) is 0 Å². The van der Waals surface area contributed by atoms with E-state index in [1.807, 2.05) is 0 Å². The number of rotatable bonds is 3. The molecule has 1 aromatic carbocycles. The van der Waals surface area contributed by atoms with Crippen LogP contribution >= 0.6 is 0 Å². The first-order chi connectivity index (χ1) is 5.83. The molecule has 0 saturated carbocycles. The average molecular weight is 160 g/mol. The zero-order valence-electron chi connectivity index (χ0n) is 7.88. The van der Waals surface area contributed by atoms with Crippen LogP contribution in [0.5, 0.6) is 0 Å². The van der Waals surface area contributed by atoms with Crippen LogP contribution in [-0.4, -0.2) is 0 Å². The Labute approximate surface area is 74.9 Å². The molecule has 0 unspecified atom stereocenters. The molecule has 0 aromatic heterocycles. The van der Waals surface area contributed by atoms with Crippen LogP contribution in [0.15, 0.2) is 42.0 Å². The van der Waals surface area contributed by atoms with Gasteiger partial charge in [-0.05, 0) is 25.3 Å². The molecule has 0 fully saturated rings. The maximum atomic E-state index is 2.28. The standard InChI is InChI=1S/C12H16/c1-3-7-11(2)10-12-8-5-4-6-9-12/h4-9H,3,10H2,1-2H3/b11-7+. The van der Waals surface area contributed by atoms with Crippen LogP contribution < -0.4 is 0 Å². The van der Waals surface area contributed by atoms with Crippen LogP contribution in [0, 0.1) is 0 Å². The normalized spacial score (nSPS) is 11.7. The summed E-state index contributed by atoms with van der Waals surface area (Å²) in [4.78, 5) is 0. The Morgan fingerprint density at radius 2 is 1.92 bits per heavy atom. The Kier molecular flexibility index (Phi) is 3.59. The van der Waals surface area contributed by atoms with Crippen LogP contribution in [0.4, 0.5) is 0 Å². The van der Waals surface area contributed by atoms with Crippen molar-refractivity contribution in [3.63, 3.8) is 0 Å². The van der Waals surface area contributed by atoms with E-state index in [4.69, 9.17) is 0 Å².